The largest absolute Gasteiger partial charge is 0.394 e. The minimum atomic E-state index is -4.67. The van der Waals surface area contributed by atoms with E-state index < -0.39 is 20.6 Å². The summed E-state index contributed by atoms with van der Waals surface area (Å²) in [5.74, 6) is 0. The topological polar surface area (TPSA) is 170 Å². The van der Waals surface area contributed by atoms with Crippen molar-refractivity contribution < 1.29 is 32.6 Å². The Bertz CT molecular complexity index is 228. The summed E-state index contributed by atoms with van der Waals surface area (Å²) >= 11 is 0. The summed E-state index contributed by atoms with van der Waals surface area (Å²) in [7, 11) is -4.67. The maximum Gasteiger partial charge on any atom is 0.394 e. The van der Waals surface area contributed by atoms with Gasteiger partial charge in [-0.1, -0.05) is 0 Å². The minimum absolute atomic E-state index is 1.50. The van der Waals surface area contributed by atoms with Gasteiger partial charge in [0.1, 0.15) is 0 Å². The van der Waals surface area contributed by atoms with E-state index in [1.807, 2.05) is 0 Å². The summed E-state index contributed by atoms with van der Waals surface area (Å²) < 4.78 is 31.6. The fourth-order valence-electron chi connectivity index (χ4n) is 0.0544. The first kappa shape index (κ1) is 13.1. The standard InChI is InChI=1S/N2O5.H2O4S/c3-1(4)7-2(5)6;1-5(2,3)4/h;(H2,1,2,3,4). The molecular weight excluding hydrogens is 204 g/mol. The van der Waals surface area contributed by atoms with Crippen molar-refractivity contribution in [2.45, 2.75) is 0 Å². The van der Waals surface area contributed by atoms with E-state index in [2.05, 4.69) is 4.94 Å². The van der Waals surface area contributed by atoms with E-state index in [4.69, 9.17) is 37.8 Å². The molecule has 0 radical (unpaired) electrons. The Balaban J connectivity index is 0. The number of rotatable bonds is 2. The van der Waals surface area contributed by atoms with E-state index in [0.29, 0.717) is 0 Å². The molecular formula is H2N2O9S. The molecule has 0 aliphatic carbocycles. The molecule has 0 aromatic rings. The van der Waals surface area contributed by atoms with Gasteiger partial charge in [0.15, 0.2) is 0 Å². The molecule has 72 valence electrons. The Labute approximate surface area is 64.3 Å². The van der Waals surface area contributed by atoms with Gasteiger partial charge in [-0.2, -0.15) is 8.42 Å². The van der Waals surface area contributed by atoms with Gasteiger partial charge in [-0.05, 0) is 0 Å². The van der Waals surface area contributed by atoms with Crippen molar-refractivity contribution in [3.05, 3.63) is 20.2 Å². The van der Waals surface area contributed by atoms with Crippen LogP contribution in [0.25, 0.3) is 0 Å². The third kappa shape index (κ3) is 77.5. The molecule has 0 aliphatic heterocycles. The van der Waals surface area contributed by atoms with Crippen LogP contribution in [0.4, 0.5) is 0 Å². The molecule has 0 saturated heterocycles. The summed E-state index contributed by atoms with van der Waals surface area (Å²) in [5.41, 5.74) is 0. The third-order valence-corrected chi connectivity index (χ3v) is 0.133. The molecule has 0 aromatic carbocycles. The van der Waals surface area contributed by atoms with Gasteiger partial charge in [-0.25, -0.2) is 0 Å². The lowest BCUT2D eigenvalue weighted by Gasteiger charge is -1.71. The molecule has 0 atom stereocenters. The Kier molecular flexibility index (Phi) is 5.63. The first-order chi connectivity index (χ1) is 5.13. The average Bonchev–Trinajstić information content (AvgIpc) is 1.52. The van der Waals surface area contributed by atoms with E-state index in [1.165, 1.54) is 0 Å². The van der Waals surface area contributed by atoms with Gasteiger partial charge >= 0.3 is 20.6 Å². The van der Waals surface area contributed by atoms with Crippen molar-refractivity contribution in [1.29, 1.82) is 0 Å². The highest BCUT2D eigenvalue weighted by molar-refractivity contribution is 7.79. The van der Waals surface area contributed by atoms with Gasteiger partial charge in [0.05, 0.1) is 0 Å². The second-order valence-corrected chi connectivity index (χ2v) is 1.87. The quantitative estimate of drug-likeness (QED) is 0.317. The molecule has 0 spiro atoms. The normalized spacial score (nSPS) is 9.17. The maximum absolute atomic E-state index is 8.95. The fraction of sp³-hybridized carbons (Fsp3) is 0. The molecule has 0 saturated carbocycles. The molecule has 12 heavy (non-hydrogen) atoms. The van der Waals surface area contributed by atoms with Crippen molar-refractivity contribution in [2.75, 3.05) is 0 Å². The van der Waals surface area contributed by atoms with Gasteiger partial charge in [-0.3, -0.25) is 9.11 Å². The summed E-state index contributed by atoms with van der Waals surface area (Å²) in [6.45, 7) is 0. The summed E-state index contributed by atoms with van der Waals surface area (Å²) in [6, 6.07) is 0. The molecule has 12 heteroatoms. The molecule has 0 heterocycles. The van der Waals surface area contributed by atoms with Gasteiger partial charge < -0.3 is 0 Å². The van der Waals surface area contributed by atoms with Gasteiger partial charge in [0.25, 0.3) is 0 Å². The maximum atomic E-state index is 8.95. The fourth-order valence-corrected chi connectivity index (χ4v) is 0.0544. The van der Waals surface area contributed by atoms with Crippen molar-refractivity contribution >= 4 is 10.4 Å². The second-order valence-electron chi connectivity index (χ2n) is 0.977. The minimum Gasteiger partial charge on any atom is -0.264 e. The van der Waals surface area contributed by atoms with E-state index in [9.17, 15) is 0 Å². The monoisotopic (exact) mass is 206 g/mol. The molecule has 0 aliphatic rings. The molecule has 2 N–H and O–H groups in total. The molecule has 0 amide bonds. The van der Waals surface area contributed by atoms with E-state index in [-0.39, 0.29) is 0 Å². The molecule has 0 unspecified atom stereocenters. The summed E-state index contributed by atoms with van der Waals surface area (Å²) in [5, 5.41) is 14.9. The zero-order valence-electron chi connectivity index (χ0n) is 5.05. The van der Waals surface area contributed by atoms with Crippen LogP contribution < -0.4 is 0 Å². The van der Waals surface area contributed by atoms with E-state index >= 15 is 0 Å². The highest BCUT2D eigenvalue weighted by Gasteiger charge is 2.05. The second kappa shape index (κ2) is 5.16. The highest BCUT2D eigenvalue weighted by atomic mass is 32.3. The van der Waals surface area contributed by atoms with E-state index in [1.54, 1.807) is 0 Å². The zero-order valence-corrected chi connectivity index (χ0v) is 5.87. The number of hydrogen-bond acceptors (Lipinski definition) is 7. The molecule has 0 bridgehead atoms. The predicted octanol–water partition coefficient (Wildman–Crippen LogP) is -1.27. The van der Waals surface area contributed by atoms with Crippen LogP contribution in [-0.2, 0) is 15.3 Å². The van der Waals surface area contributed by atoms with Crippen LogP contribution in [-0.4, -0.2) is 27.7 Å². The van der Waals surface area contributed by atoms with Crippen LogP contribution in [0.5, 0.6) is 0 Å². The molecule has 0 fully saturated rings. The Morgan fingerprint density at radius 2 is 1.25 bits per heavy atom. The van der Waals surface area contributed by atoms with Crippen LogP contribution >= 0.6 is 0 Å². The summed E-state index contributed by atoms with van der Waals surface area (Å²) in [6.07, 6.45) is 0. The van der Waals surface area contributed by atoms with Gasteiger partial charge in [-0.15, -0.1) is 20.2 Å². The highest BCUT2D eigenvalue weighted by Crippen LogP contribution is 1.70. The smallest absolute Gasteiger partial charge is 0.264 e. The number of nitrogens with zero attached hydrogens (tertiary/aromatic N) is 2. The lowest BCUT2D eigenvalue weighted by atomic mass is 12.9. The Morgan fingerprint density at radius 1 is 1.08 bits per heavy atom. The Morgan fingerprint density at radius 3 is 1.25 bits per heavy atom. The molecule has 11 nitrogen and oxygen atoms in total. The molecule has 0 rings (SSSR count). The SMILES string of the molecule is O=S(=O)(O)O.O=[N+]([O-])O[N+](=O)[O-]. The van der Waals surface area contributed by atoms with Crippen LogP contribution in [0, 0.1) is 20.2 Å². The number of hydrogen-bond donors (Lipinski definition) is 2. The van der Waals surface area contributed by atoms with Crippen LogP contribution in [0.1, 0.15) is 0 Å². The predicted molar refractivity (Wildman–Crippen MR) is 29.3 cm³/mol. The average molecular weight is 206 g/mol. The van der Waals surface area contributed by atoms with Gasteiger partial charge in [0.2, 0.25) is 0 Å². The first-order valence-corrected chi connectivity index (χ1v) is 3.19. The lowest BCUT2D eigenvalue weighted by molar-refractivity contribution is -1.03. The zero-order chi connectivity index (χ0) is 10.4. The third-order valence-electron chi connectivity index (χ3n) is 0.133. The van der Waals surface area contributed by atoms with E-state index in [0.717, 1.165) is 0 Å². The van der Waals surface area contributed by atoms with Crippen LogP contribution in [0.3, 0.4) is 0 Å². The van der Waals surface area contributed by atoms with Crippen molar-refractivity contribution in [3.8, 4) is 0 Å². The van der Waals surface area contributed by atoms with Crippen molar-refractivity contribution in [3.63, 3.8) is 0 Å². The lowest BCUT2D eigenvalue weighted by Crippen LogP contribution is -2.06. The van der Waals surface area contributed by atoms with Crippen molar-refractivity contribution in [1.82, 2.24) is 0 Å². The summed E-state index contributed by atoms with van der Waals surface area (Å²) in [4.78, 5) is 20.6. The van der Waals surface area contributed by atoms with Crippen LogP contribution in [0.15, 0.2) is 0 Å². The first-order valence-electron chi connectivity index (χ1n) is 1.79. The van der Waals surface area contributed by atoms with Crippen LogP contribution in [0.2, 0.25) is 0 Å². The Hall–Kier alpha value is -1.53. The van der Waals surface area contributed by atoms with Gasteiger partial charge in [0, 0.05) is 4.94 Å². The van der Waals surface area contributed by atoms with Crippen molar-refractivity contribution in [2.24, 2.45) is 0 Å². The molecule has 0 aromatic heterocycles.